The van der Waals surface area contributed by atoms with E-state index in [-0.39, 0.29) is 28.7 Å². The van der Waals surface area contributed by atoms with Crippen LogP contribution in [0.4, 0.5) is 5.82 Å². The molecule has 1 aliphatic carbocycles. The summed E-state index contributed by atoms with van der Waals surface area (Å²) < 4.78 is 26.9. The van der Waals surface area contributed by atoms with Gasteiger partial charge in [0, 0.05) is 13.2 Å². The molecule has 2 aliphatic rings. The smallest absolute Gasteiger partial charge is 0.350 e. The molecule has 0 amide bonds. The average Bonchev–Trinajstić information content (AvgIpc) is 3.26. The van der Waals surface area contributed by atoms with E-state index in [0.717, 1.165) is 31.4 Å². The molecule has 9 heteroatoms. The lowest BCUT2D eigenvalue weighted by atomic mass is 10.3. The summed E-state index contributed by atoms with van der Waals surface area (Å²) in [4.78, 5) is 15.8. The van der Waals surface area contributed by atoms with Crippen LogP contribution in [-0.2, 0) is 10.0 Å². The number of sulfonamides is 1. The highest BCUT2D eigenvalue weighted by atomic mass is 32.2. The summed E-state index contributed by atoms with van der Waals surface area (Å²) in [6.45, 7) is 0.0928. The monoisotopic (exact) mass is 368 g/mol. The lowest BCUT2D eigenvalue weighted by molar-refractivity contribution is 0.501. The van der Waals surface area contributed by atoms with E-state index in [9.17, 15) is 13.2 Å². The van der Waals surface area contributed by atoms with E-state index in [4.69, 9.17) is 5.73 Å². The van der Waals surface area contributed by atoms with Crippen LogP contribution in [0.3, 0.4) is 0 Å². The largest absolute Gasteiger partial charge is 0.382 e. The first-order valence-electron chi connectivity index (χ1n) is 7.84. The molecular formula is C15H20N4O3S2. The Balaban J connectivity index is 1.78. The van der Waals surface area contributed by atoms with E-state index in [0.29, 0.717) is 5.56 Å². The minimum absolute atomic E-state index is 0.0732. The molecule has 2 heterocycles. The number of hydrogen-bond acceptors (Lipinski definition) is 6. The van der Waals surface area contributed by atoms with Crippen molar-refractivity contribution >= 4 is 27.6 Å². The minimum Gasteiger partial charge on any atom is -0.382 e. The van der Waals surface area contributed by atoms with Gasteiger partial charge >= 0.3 is 5.69 Å². The Bertz CT molecular complexity index is 844. The SMILES string of the molecule is CN(CC#Cc1cn([C@@H]2CCCS2)c(=O)nc1N)S(=O)(=O)C1CC1. The summed E-state index contributed by atoms with van der Waals surface area (Å²) in [6.07, 6.45) is 5.07. The maximum absolute atomic E-state index is 12.0. The molecule has 0 bridgehead atoms. The molecule has 2 N–H and O–H groups in total. The fourth-order valence-electron chi connectivity index (χ4n) is 2.52. The third-order valence-electron chi connectivity index (χ3n) is 4.10. The number of nitrogen functional groups attached to an aromatic ring is 1. The lowest BCUT2D eigenvalue weighted by Gasteiger charge is -2.13. The molecule has 24 heavy (non-hydrogen) atoms. The minimum atomic E-state index is -3.23. The third-order valence-corrected chi connectivity index (χ3v) is 7.79. The number of hydrogen-bond donors (Lipinski definition) is 1. The normalized spacial score (nSPS) is 20.8. The molecule has 1 aromatic heterocycles. The van der Waals surface area contributed by atoms with Crippen molar-refractivity contribution in [1.82, 2.24) is 13.9 Å². The predicted molar refractivity (Wildman–Crippen MR) is 95.1 cm³/mol. The van der Waals surface area contributed by atoms with Crippen LogP contribution in [0.5, 0.6) is 0 Å². The zero-order chi connectivity index (χ0) is 17.3. The van der Waals surface area contributed by atoms with Gasteiger partial charge in [-0.2, -0.15) is 9.29 Å². The van der Waals surface area contributed by atoms with Crippen LogP contribution >= 0.6 is 11.8 Å². The number of nitrogens with two attached hydrogens (primary N) is 1. The van der Waals surface area contributed by atoms with Crippen LogP contribution < -0.4 is 11.4 Å². The van der Waals surface area contributed by atoms with Gasteiger partial charge in [-0.1, -0.05) is 11.8 Å². The van der Waals surface area contributed by atoms with Gasteiger partial charge < -0.3 is 5.73 Å². The maximum Gasteiger partial charge on any atom is 0.350 e. The fraction of sp³-hybridized carbons (Fsp3) is 0.600. The van der Waals surface area contributed by atoms with Crippen molar-refractivity contribution < 1.29 is 8.42 Å². The second-order valence-corrected chi connectivity index (χ2v) is 9.61. The Morgan fingerprint density at radius 1 is 1.46 bits per heavy atom. The van der Waals surface area contributed by atoms with Crippen LogP contribution in [0.25, 0.3) is 0 Å². The standard InChI is InChI=1S/C15H20N4O3S2/c1-18(24(21,22)12-6-7-12)8-2-4-11-10-19(13-5-3-9-23-13)15(20)17-14(11)16/h10,12-13H,3,5-9H2,1H3,(H2,16,17,20)/t13-/m0/s1. The van der Waals surface area contributed by atoms with Crippen LogP contribution in [0, 0.1) is 11.8 Å². The maximum atomic E-state index is 12.0. The van der Waals surface area contributed by atoms with Gasteiger partial charge in [0.2, 0.25) is 10.0 Å². The number of aromatic nitrogens is 2. The Morgan fingerprint density at radius 3 is 2.83 bits per heavy atom. The molecule has 130 valence electrons. The summed E-state index contributed by atoms with van der Waals surface area (Å²) in [7, 11) is -1.71. The molecular weight excluding hydrogens is 348 g/mol. The second kappa shape index (κ2) is 6.78. The van der Waals surface area contributed by atoms with E-state index in [1.165, 1.54) is 11.4 Å². The van der Waals surface area contributed by atoms with E-state index >= 15 is 0 Å². The molecule has 0 spiro atoms. The van der Waals surface area contributed by atoms with Gasteiger partial charge in [-0.05, 0) is 31.4 Å². The first-order valence-corrected chi connectivity index (χ1v) is 10.4. The van der Waals surface area contributed by atoms with Gasteiger partial charge in [0.15, 0.2) is 0 Å². The quantitative estimate of drug-likeness (QED) is 0.783. The van der Waals surface area contributed by atoms with Crippen LogP contribution in [0.15, 0.2) is 11.0 Å². The summed E-state index contributed by atoms with van der Waals surface area (Å²) in [6, 6.07) is 0. The number of thioether (sulfide) groups is 1. The Labute approximate surface area is 145 Å². The molecule has 0 aromatic carbocycles. The first kappa shape index (κ1) is 17.3. The molecule has 1 aromatic rings. The Morgan fingerprint density at radius 2 is 2.21 bits per heavy atom. The summed E-state index contributed by atoms with van der Waals surface area (Å²) in [5, 5.41) is -0.179. The molecule has 0 radical (unpaired) electrons. The zero-order valence-electron chi connectivity index (χ0n) is 13.4. The first-order chi connectivity index (χ1) is 11.4. The van der Waals surface area contributed by atoms with E-state index in [1.54, 1.807) is 22.5 Å². The molecule has 0 unspecified atom stereocenters. The van der Waals surface area contributed by atoms with Gasteiger partial charge in [0.1, 0.15) is 5.82 Å². The van der Waals surface area contributed by atoms with Crippen LogP contribution in [0.1, 0.15) is 36.6 Å². The van der Waals surface area contributed by atoms with Gasteiger partial charge in [-0.3, -0.25) is 4.57 Å². The second-order valence-electron chi connectivity index (χ2n) is 6.00. The fourth-order valence-corrected chi connectivity index (χ4v) is 5.26. The van der Waals surface area contributed by atoms with E-state index in [1.807, 2.05) is 0 Å². The average molecular weight is 368 g/mol. The van der Waals surface area contributed by atoms with Crippen molar-refractivity contribution in [1.29, 1.82) is 0 Å². The van der Waals surface area contributed by atoms with E-state index < -0.39 is 10.0 Å². The zero-order valence-corrected chi connectivity index (χ0v) is 15.1. The van der Waals surface area contributed by atoms with Gasteiger partial charge in [-0.25, -0.2) is 13.2 Å². The Hall–Kier alpha value is -1.50. The summed E-state index contributed by atoms with van der Waals surface area (Å²) >= 11 is 1.71. The molecule has 1 saturated carbocycles. The van der Waals surface area contributed by atoms with Crippen molar-refractivity contribution in [2.75, 3.05) is 25.1 Å². The molecule has 2 fully saturated rings. The number of anilines is 1. The molecule has 1 aliphatic heterocycles. The molecule has 1 saturated heterocycles. The van der Waals surface area contributed by atoms with Crippen molar-refractivity contribution in [2.24, 2.45) is 0 Å². The molecule has 1 atom stereocenters. The van der Waals surface area contributed by atoms with Crippen molar-refractivity contribution in [2.45, 2.75) is 36.3 Å². The van der Waals surface area contributed by atoms with Gasteiger partial charge in [0.25, 0.3) is 0 Å². The third kappa shape index (κ3) is 3.61. The lowest BCUT2D eigenvalue weighted by Crippen LogP contribution is -2.30. The summed E-state index contributed by atoms with van der Waals surface area (Å²) in [5.41, 5.74) is 5.87. The van der Waals surface area contributed by atoms with E-state index in [2.05, 4.69) is 16.8 Å². The highest BCUT2D eigenvalue weighted by Crippen LogP contribution is 2.34. The highest BCUT2D eigenvalue weighted by molar-refractivity contribution is 7.99. The van der Waals surface area contributed by atoms with Crippen LogP contribution in [-0.4, -0.2) is 46.9 Å². The molecule has 7 nitrogen and oxygen atoms in total. The number of nitrogens with zero attached hydrogens (tertiary/aromatic N) is 3. The van der Waals surface area contributed by atoms with Crippen molar-refractivity contribution in [3.63, 3.8) is 0 Å². The Kier molecular flexibility index (Phi) is 4.90. The van der Waals surface area contributed by atoms with Gasteiger partial charge in [0.05, 0.1) is 22.7 Å². The topological polar surface area (TPSA) is 98.3 Å². The highest BCUT2D eigenvalue weighted by Gasteiger charge is 2.38. The van der Waals surface area contributed by atoms with Crippen molar-refractivity contribution in [3.8, 4) is 11.8 Å². The van der Waals surface area contributed by atoms with Crippen LogP contribution in [0.2, 0.25) is 0 Å². The number of rotatable bonds is 4. The van der Waals surface area contributed by atoms with Crippen molar-refractivity contribution in [3.05, 3.63) is 22.2 Å². The van der Waals surface area contributed by atoms with Gasteiger partial charge in [-0.15, -0.1) is 11.8 Å². The summed E-state index contributed by atoms with van der Waals surface area (Å²) in [5.74, 6) is 6.78. The predicted octanol–water partition coefficient (Wildman–Crippen LogP) is 0.627. The molecule has 3 rings (SSSR count).